The highest BCUT2D eigenvalue weighted by atomic mass is 79.9. The lowest BCUT2D eigenvalue weighted by molar-refractivity contribution is -0.137. The van der Waals surface area contributed by atoms with Crippen molar-refractivity contribution in [3.8, 4) is 0 Å². The molecule has 1 aromatic rings. The minimum atomic E-state index is -0.774. The first-order valence-electron chi connectivity index (χ1n) is 7.01. The summed E-state index contributed by atoms with van der Waals surface area (Å²) in [6, 6.07) is 3.43. The highest BCUT2D eigenvalue weighted by Crippen LogP contribution is 2.20. The zero-order chi connectivity index (χ0) is 15.8. The van der Waals surface area contributed by atoms with Crippen LogP contribution in [0.5, 0.6) is 0 Å². The molecule has 0 saturated heterocycles. The summed E-state index contributed by atoms with van der Waals surface area (Å²) in [7, 11) is 0. The lowest BCUT2D eigenvalue weighted by Crippen LogP contribution is -2.27. The normalized spacial score (nSPS) is 12.2. The van der Waals surface area contributed by atoms with Gasteiger partial charge in [0.05, 0.1) is 0 Å². The second-order valence-corrected chi connectivity index (χ2v) is 6.26. The maximum absolute atomic E-state index is 11.9. The zero-order valence-electron chi connectivity index (χ0n) is 12.3. The molecular weight excluding hydrogens is 336 g/mol. The number of hydrogen-bond acceptors (Lipinski definition) is 3. The molecule has 0 radical (unpaired) electrons. The van der Waals surface area contributed by atoms with Gasteiger partial charge in [0.2, 0.25) is 0 Å². The third-order valence-electron chi connectivity index (χ3n) is 3.43. The van der Waals surface area contributed by atoms with E-state index in [9.17, 15) is 9.59 Å². The van der Waals surface area contributed by atoms with Crippen molar-refractivity contribution in [1.82, 2.24) is 10.3 Å². The van der Waals surface area contributed by atoms with Crippen LogP contribution in [0, 0.1) is 11.8 Å². The number of aromatic nitrogens is 1. The van der Waals surface area contributed by atoms with Crippen LogP contribution in [-0.4, -0.2) is 28.5 Å². The van der Waals surface area contributed by atoms with Crippen LogP contribution in [0.15, 0.2) is 22.8 Å². The van der Waals surface area contributed by atoms with Crippen LogP contribution in [0.1, 0.15) is 43.6 Å². The van der Waals surface area contributed by atoms with E-state index >= 15 is 0 Å². The van der Waals surface area contributed by atoms with Gasteiger partial charge in [-0.25, -0.2) is 4.98 Å². The third-order valence-corrected chi connectivity index (χ3v) is 3.90. The number of carbonyl (C=O) groups excluding carboxylic acids is 1. The monoisotopic (exact) mass is 356 g/mol. The molecule has 2 N–H and O–H groups in total. The number of carboxylic acids is 1. The lowest BCUT2D eigenvalue weighted by Gasteiger charge is -2.20. The van der Waals surface area contributed by atoms with Gasteiger partial charge >= 0.3 is 5.97 Å². The zero-order valence-corrected chi connectivity index (χ0v) is 13.9. The predicted molar refractivity (Wildman–Crippen MR) is 84.1 cm³/mol. The molecule has 21 heavy (non-hydrogen) atoms. The molecule has 0 aliphatic rings. The van der Waals surface area contributed by atoms with Gasteiger partial charge in [-0.2, -0.15) is 0 Å². The number of aliphatic carboxylic acids is 1. The van der Waals surface area contributed by atoms with Crippen molar-refractivity contribution in [2.45, 2.75) is 33.1 Å². The summed E-state index contributed by atoms with van der Waals surface area (Å²) in [6.45, 7) is 4.67. The fourth-order valence-electron chi connectivity index (χ4n) is 2.09. The average molecular weight is 357 g/mol. The summed E-state index contributed by atoms with van der Waals surface area (Å²) in [5.74, 6) is -0.293. The van der Waals surface area contributed by atoms with Crippen molar-refractivity contribution in [1.29, 1.82) is 0 Å². The molecule has 1 atom stereocenters. The number of nitrogens with zero attached hydrogens (tertiary/aromatic N) is 1. The third kappa shape index (κ3) is 6.71. The van der Waals surface area contributed by atoms with E-state index in [1.807, 2.05) is 0 Å². The smallest absolute Gasteiger partial charge is 0.303 e. The van der Waals surface area contributed by atoms with Gasteiger partial charge in [0.15, 0.2) is 0 Å². The molecule has 1 amide bonds. The molecule has 0 aromatic carbocycles. The standard InChI is InChI=1S/C15H21BrN2O3/c1-10(2)11(3-6-14(19)20)7-8-17-15(21)13-5-4-12(16)9-18-13/h4-5,9-11H,3,6-8H2,1-2H3,(H,17,21)(H,19,20). The Balaban J connectivity index is 2.40. The average Bonchev–Trinajstić information content (AvgIpc) is 2.42. The number of nitrogens with one attached hydrogen (secondary N) is 1. The Morgan fingerprint density at radius 2 is 2.05 bits per heavy atom. The Bertz CT molecular complexity index is 474. The molecule has 1 unspecified atom stereocenters. The van der Waals surface area contributed by atoms with Crippen LogP contribution in [0.25, 0.3) is 0 Å². The van der Waals surface area contributed by atoms with Gasteiger partial charge in [0.1, 0.15) is 5.69 Å². The van der Waals surface area contributed by atoms with Crippen LogP contribution in [0.3, 0.4) is 0 Å². The SMILES string of the molecule is CC(C)C(CCNC(=O)c1ccc(Br)cn1)CCC(=O)O. The number of hydrogen-bond donors (Lipinski definition) is 2. The largest absolute Gasteiger partial charge is 0.481 e. The molecule has 1 aromatic heterocycles. The van der Waals surface area contributed by atoms with Crippen molar-refractivity contribution in [3.63, 3.8) is 0 Å². The molecule has 0 aliphatic carbocycles. The first-order chi connectivity index (χ1) is 9.90. The van der Waals surface area contributed by atoms with E-state index in [0.717, 1.165) is 10.9 Å². The molecular formula is C15H21BrN2O3. The summed E-state index contributed by atoms with van der Waals surface area (Å²) in [6.07, 6.45) is 3.16. The topological polar surface area (TPSA) is 79.3 Å². The Morgan fingerprint density at radius 1 is 1.33 bits per heavy atom. The van der Waals surface area contributed by atoms with Crippen molar-refractivity contribution < 1.29 is 14.7 Å². The molecule has 0 aliphatic heterocycles. The molecule has 1 rings (SSSR count). The first kappa shape index (κ1) is 17.6. The molecule has 1 heterocycles. The number of halogens is 1. The summed E-state index contributed by atoms with van der Waals surface area (Å²) < 4.78 is 0.826. The van der Waals surface area contributed by atoms with E-state index in [1.54, 1.807) is 18.3 Å². The van der Waals surface area contributed by atoms with Crippen LogP contribution < -0.4 is 5.32 Å². The summed E-state index contributed by atoms with van der Waals surface area (Å²) in [4.78, 5) is 26.6. The summed E-state index contributed by atoms with van der Waals surface area (Å²) in [5.41, 5.74) is 0.379. The van der Waals surface area contributed by atoms with Gasteiger partial charge in [-0.1, -0.05) is 13.8 Å². The minimum absolute atomic E-state index is 0.172. The van der Waals surface area contributed by atoms with Gasteiger partial charge < -0.3 is 10.4 Å². The van der Waals surface area contributed by atoms with Crippen LogP contribution in [0.2, 0.25) is 0 Å². The number of pyridine rings is 1. The number of rotatable bonds is 8. The first-order valence-corrected chi connectivity index (χ1v) is 7.81. The van der Waals surface area contributed by atoms with Crippen LogP contribution in [0.4, 0.5) is 0 Å². The van der Waals surface area contributed by atoms with Crippen molar-refractivity contribution in [2.24, 2.45) is 11.8 Å². The lowest BCUT2D eigenvalue weighted by atomic mass is 9.88. The van der Waals surface area contributed by atoms with Crippen molar-refractivity contribution in [2.75, 3.05) is 6.54 Å². The maximum Gasteiger partial charge on any atom is 0.303 e. The van der Waals surface area contributed by atoms with E-state index in [-0.39, 0.29) is 12.3 Å². The molecule has 0 bridgehead atoms. The Kier molecular flexibility index (Phi) is 7.36. The second-order valence-electron chi connectivity index (χ2n) is 5.34. The maximum atomic E-state index is 11.9. The summed E-state index contributed by atoms with van der Waals surface area (Å²) in [5, 5.41) is 11.6. The van der Waals surface area contributed by atoms with E-state index in [0.29, 0.717) is 30.5 Å². The number of amides is 1. The summed E-state index contributed by atoms with van der Waals surface area (Å²) >= 11 is 3.27. The van der Waals surface area contributed by atoms with E-state index in [1.165, 1.54) is 0 Å². The van der Waals surface area contributed by atoms with E-state index in [2.05, 4.69) is 40.1 Å². The van der Waals surface area contributed by atoms with E-state index < -0.39 is 5.97 Å². The van der Waals surface area contributed by atoms with Gasteiger partial charge in [0.25, 0.3) is 5.91 Å². The Hall–Kier alpha value is -1.43. The highest BCUT2D eigenvalue weighted by Gasteiger charge is 2.15. The van der Waals surface area contributed by atoms with Gasteiger partial charge in [-0.05, 0) is 52.7 Å². The van der Waals surface area contributed by atoms with Crippen LogP contribution in [-0.2, 0) is 4.79 Å². The fourth-order valence-corrected chi connectivity index (χ4v) is 2.33. The molecule has 6 heteroatoms. The van der Waals surface area contributed by atoms with Gasteiger partial charge in [0, 0.05) is 23.6 Å². The van der Waals surface area contributed by atoms with Gasteiger partial charge in [-0.3, -0.25) is 9.59 Å². The van der Waals surface area contributed by atoms with Crippen LogP contribution >= 0.6 is 15.9 Å². The molecule has 0 spiro atoms. The number of carboxylic acid groups (broad SMARTS) is 1. The van der Waals surface area contributed by atoms with Crippen molar-refractivity contribution in [3.05, 3.63) is 28.5 Å². The minimum Gasteiger partial charge on any atom is -0.481 e. The Labute approximate surface area is 133 Å². The fraction of sp³-hybridized carbons (Fsp3) is 0.533. The Morgan fingerprint density at radius 3 is 2.57 bits per heavy atom. The van der Waals surface area contributed by atoms with E-state index in [4.69, 9.17) is 5.11 Å². The second kappa shape index (κ2) is 8.77. The predicted octanol–water partition coefficient (Wildman–Crippen LogP) is 3.10. The molecule has 5 nitrogen and oxygen atoms in total. The molecule has 0 saturated carbocycles. The highest BCUT2D eigenvalue weighted by molar-refractivity contribution is 9.10. The molecule has 116 valence electrons. The van der Waals surface area contributed by atoms with Crippen molar-refractivity contribution >= 4 is 27.8 Å². The number of carbonyl (C=O) groups is 2. The van der Waals surface area contributed by atoms with Gasteiger partial charge in [-0.15, -0.1) is 0 Å². The molecule has 0 fully saturated rings. The quantitative estimate of drug-likeness (QED) is 0.749.